The van der Waals surface area contributed by atoms with Crippen LogP contribution in [0.5, 0.6) is 0 Å². The molecule has 1 aromatic carbocycles. The van der Waals surface area contributed by atoms with Gasteiger partial charge in [-0.25, -0.2) is 8.78 Å². The zero-order chi connectivity index (χ0) is 29.0. The average molecular weight is 540 g/mol. The van der Waals surface area contributed by atoms with Crippen LogP contribution < -0.4 is 16.0 Å². The first-order valence-corrected chi connectivity index (χ1v) is 13.2. The first-order chi connectivity index (χ1) is 19.1. The van der Waals surface area contributed by atoms with Crippen LogP contribution in [-0.4, -0.2) is 9.97 Å². The molecule has 40 heavy (non-hydrogen) atoms. The number of allylic oxidation sites excluding steroid dienone is 5. The maximum Gasteiger partial charge on any atom is 0.157 e. The molecule has 0 saturated heterocycles. The number of hydrogen-bond donors (Lipinski definition) is 3. The summed E-state index contributed by atoms with van der Waals surface area (Å²) in [4.78, 5) is 8.87. The number of nitrogens with zero attached hydrogens (tertiary/aromatic N) is 2. The van der Waals surface area contributed by atoms with E-state index in [4.69, 9.17) is 0 Å². The summed E-state index contributed by atoms with van der Waals surface area (Å²) in [5.74, 6) is -0.755. The Balaban J connectivity index is 1.63. The Hall–Kier alpha value is -4.52. The molecule has 0 bridgehead atoms. The Bertz CT molecular complexity index is 1550. The van der Waals surface area contributed by atoms with Crippen molar-refractivity contribution in [1.82, 2.24) is 15.3 Å². The first kappa shape index (κ1) is 28.5. The van der Waals surface area contributed by atoms with Gasteiger partial charge in [0.15, 0.2) is 5.82 Å². The lowest BCUT2D eigenvalue weighted by Crippen LogP contribution is -2.46. The van der Waals surface area contributed by atoms with Crippen molar-refractivity contribution in [2.24, 2.45) is 0 Å². The quantitative estimate of drug-likeness (QED) is 0.214. The monoisotopic (exact) mass is 539 g/mol. The molecule has 2 aromatic heterocycles. The third-order valence-corrected chi connectivity index (χ3v) is 7.08. The van der Waals surface area contributed by atoms with Crippen molar-refractivity contribution < 1.29 is 8.78 Å². The number of benzene rings is 1. The van der Waals surface area contributed by atoms with Crippen LogP contribution in [-0.2, 0) is 5.54 Å². The molecule has 0 fully saturated rings. The molecule has 0 spiro atoms. The van der Waals surface area contributed by atoms with E-state index < -0.39 is 11.4 Å². The maximum atomic E-state index is 16.1. The summed E-state index contributed by atoms with van der Waals surface area (Å²) in [6.45, 7) is 19.9. The molecule has 3 N–H and O–H groups in total. The van der Waals surface area contributed by atoms with Crippen molar-refractivity contribution >= 4 is 16.9 Å². The van der Waals surface area contributed by atoms with E-state index in [1.54, 1.807) is 24.5 Å². The van der Waals surface area contributed by atoms with Gasteiger partial charge in [-0.3, -0.25) is 9.97 Å². The zero-order valence-electron chi connectivity index (χ0n) is 23.5. The van der Waals surface area contributed by atoms with Crippen molar-refractivity contribution in [2.75, 3.05) is 10.6 Å². The van der Waals surface area contributed by atoms with Crippen molar-refractivity contribution in [3.05, 3.63) is 126 Å². The SMILES string of the molecule is C=C/C(=C\C(=C/C)c1ncc2c(c1F)C(C)(C(=C)Nc1ccnc(-c3cccc(F)c3)c1C)N2)NC(=C)CCC. The van der Waals surface area contributed by atoms with Gasteiger partial charge in [-0.05, 0) is 63.1 Å². The van der Waals surface area contributed by atoms with Crippen LogP contribution in [0.4, 0.5) is 20.2 Å². The van der Waals surface area contributed by atoms with Gasteiger partial charge >= 0.3 is 0 Å². The van der Waals surface area contributed by atoms with Crippen LogP contribution in [0.25, 0.3) is 16.8 Å². The highest BCUT2D eigenvalue weighted by molar-refractivity contribution is 5.79. The van der Waals surface area contributed by atoms with Crippen molar-refractivity contribution in [3.63, 3.8) is 0 Å². The minimum atomic E-state index is -0.899. The summed E-state index contributed by atoms with van der Waals surface area (Å²) in [6.07, 6.45) is 10.4. The minimum absolute atomic E-state index is 0.234. The second kappa shape index (κ2) is 11.7. The zero-order valence-corrected chi connectivity index (χ0v) is 23.5. The summed E-state index contributed by atoms with van der Waals surface area (Å²) in [6, 6.07) is 8.13. The number of rotatable bonds is 11. The van der Waals surface area contributed by atoms with Gasteiger partial charge in [0.25, 0.3) is 0 Å². The Morgan fingerprint density at radius 1 is 1.18 bits per heavy atom. The number of fused-ring (bicyclic) bond motifs is 1. The molecule has 0 aliphatic carbocycles. The van der Waals surface area contributed by atoms with E-state index in [0.29, 0.717) is 39.5 Å². The fourth-order valence-corrected chi connectivity index (χ4v) is 4.82. The van der Waals surface area contributed by atoms with Crippen LogP contribution in [0.15, 0.2) is 97.8 Å². The third-order valence-electron chi connectivity index (χ3n) is 7.08. The second-order valence-corrected chi connectivity index (χ2v) is 9.93. The van der Waals surface area contributed by atoms with E-state index in [0.717, 1.165) is 29.8 Å². The van der Waals surface area contributed by atoms with Crippen molar-refractivity contribution in [2.45, 2.75) is 46.1 Å². The van der Waals surface area contributed by atoms with Crippen LogP contribution >= 0.6 is 0 Å². The largest absolute Gasteiger partial charge is 0.369 e. The number of hydrogen-bond acceptors (Lipinski definition) is 5. The molecule has 4 rings (SSSR count). The second-order valence-electron chi connectivity index (χ2n) is 9.93. The lowest BCUT2D eigenvalue weighted by Gasteiger charge is -2.45. The highest BCUT2D eigenvalue weighted by Crippen LogP contribution is 2.48. The van der Waals surface area contributed by atoms with Gasteiger partial charge in [0.2, 0.25) is 0 Å². The first-order valence-electron chi connectivity index (χ1n) is 13.2. The molecule has 1 atom stereocenters. The lowest BCUT2D eigenvalue weighted by atomic mass is 9.79. The van der Waals surface area contributed by atoms with Gasteiger partial charge in [0, 0.05) is 45.7 Å². The number of nitrogens with one attached hydrogen (secondary N) is 3. The summed E-state index contributed by atoms with van der Waals surface area (Å²) in [5, 5.41) is 9.89. The van der Waals surface area contributed by atoms with E-state index in [9.17, 15) is 4.39 Å². The van der Waals surface area contributed by atoms with Crippen LogP contribution in [0.3, 0.4) is 0 Å². The summed E-state index contributed by atoms with van der Waals surface area (Å²) < 4.78 is 30.0. The Morgan fingerprint density at radius 3 is 2.62 bits per heavy atom. The molecule has 3 heterocycles. The van der Waals surface area contributed by atoms with Crippen LogP contribution in [0, 0.1) is 18.6 Å². The Morgan fingerprint density at radius 2 is 1.95 bits per heavy atom. The molecule has 1 unspecified atom stereocenters. The molecule has 206 valence electrons. The van der Waals surface area contributed by atoms with Crippen molar-refractivity contribution in [1.29, 1.82) is 0 Å². The fraction of sp³-hybridized carbons (Fsp3) is 0.212. The number of halogens is 2. The standard InChI is InChI=1S/C33H35F2N5/c1-8-12-20(4)38-26(10-3)18-23(9-2)32-30(35)29-28(19-37-32)40-33(29,7)22(6)39-27-15-16-36-31(21(27)5)24-13-11-14-25(34)17-24/h9-11,13-19,38,40H,3-4,6,8,12H2,1-2,5,7H3,(H,36,39)/b23-9+,26-18+. The summed E-state index contributed by atoms with van der Waals surface area (Å²) >= 11 is 0. The summed E-state index contributed by atoms with van der Waals surface area (Å²) in [7, 11) is 0. The van der Waals surface area contributed by atoms with E-state index >= 15 is 4.39 Å². The number of anilines is 2. The Kier molecular flexibility index (Phi) is 8.33. The predicted molar refractivity (Wildman–Crippen MR) is 161 cm³/mol. The maximum absolute atomic E-state index is 16.1. The van der Waals surface area contributed by atoms with Gasteiger partial charge in [0.05, 0.1) is 17.6 Å². The number of aromatic nitrogens is 2. The van der Waals surface area contributed by atoms with Gasteiger partial charge in [-0.15, -0.1) is 0 Å². The predicted octanol–water partition coefficient (Wildman–Crippen LogP) is 8.37. The smallest absolute Gasteiger partial charge is 0.157 e. The lowest BCUT2D eigenvalue weighted by molar-refractivity contribution is 0.515. The average Bonchev–Trinajstić information content (AvgIpc) is 2.91. The van der Waals surface area contributed by atoms with Crippen LogP contribution in [0.1, 0.15) is 50.4 Å². The highest BCUT2D eigenvalue weighted by Gasteiger charge is 2.45. The highest BCUT2D eigenvalue weighted by atomic mass is 19.1. The molecule has 1 aliphatic rings. The molecule has 1 aliphatic heterocycles. The molecule has 0 amide bonds. The molecule has 3 aromatic rings. The third kappa shape index (κ3) is 5.45. The van der Waals surface area contributed by atoms with Crippen molar-refractivity contribution in [3.8, 4) is 11.3 Å². The number of pyridine rings is 2. The van der Waals surface area contributed by atoms with Gasteiger partial charge in [0.1, 0.15) is 17.1 Å². The topological polar surface area (TPSA) is 61.9 Å². The minimum Gasteiger partial charge on any atom is -0.369 e. The van der Waals surface area contributed by atoms with Gasteiger partial charge in [-0.1, -0.05) is 51.3 Å². The van der Waals surface area contributed by atoms with E-state index in [1.165, 1.54) is 12.1 Å². The fourth-order valence-electron chi connectivity index (χ4n) is 4.82. The normalized spacial score (nSPS) is 16.4. The van der Waals surface area contributed by atoms with E-state index in [2.05, 4.69) is 52.6 Å². The molecule has 7 heteroatoms. The molecule has 0 saturated carbocycles. The Labute approximate surface area is 235 Å². The van der Waals surface area contributed by atoms with Gasteiger partial charge in [-0.2, -0.15) is 0 Å². The molecule has 0 radical (unpaired) electrons. The van der Waals surface area contributed by atoms with E-state index in [1.807, 2.05) is 45.1 Å². The molecule has 5 nitrogen and oxygen atoms in total. The van der Waals surface area contributed by atoms with Crippen LogP contribution in [0.2, 0.25) is 0 Å². The van der Waals surface area contributed by atoms with E-state index in [-0.39, 0.29) is 11.5 Å². The molecular formula is C33H35F2N5. The van der Waals surface area contributed by atoms with Gasteiger partial charge < -0.3 is 16.0 Å². The molecular weight excluding hydrogens is 504 g/mol. The summed E-state index contributed by atoms with van der Waals surface area (Å²) in [5.41, 5.74) is 6.05.